The number of carbonyl (C=O) groups is 2. The zero-order chi connectivity index (χ0) is 21.7. The second-order valence-corrected chi connectivity index (χ2v) is 10.0. The molecule has 1 amide bonds. The second kappa shape index (κ2) is 7.95. The van der Waals surface area contributed by atoms with Crippen LogP contribution in [0.1, 0.15) is 81.3 Å². The highest BCUT2D eigenvalue weighted by atomic mass is 16.4. The summed E-state index contributed by atoms with van der Waals surface area (Å²) in [4.78, 5) is 31.8. The molecule has 3 fully saturated rings. The summed E-state index contributed by atoms with van der Waals surface area (Å²) in [7, 11) is 2.04. The molecule has 0 radical (unpaired) electrons. The van der Waals surface area contributed by atoms with Crippen molar-refractivity contribution in [3.05, 3.63) is 29.6 Å². The monoisotopic (exact) mass is 423 g/mol. The first-order valence-electron chi connectivity index (χ1n) is 11.9. The number of piperidine rings is 1. The predicted molar refractivity (Wildman–Crippen MR) is 119 cm³/mol. The quantitative estimate of drug-likeness (QED) is 0.772. The number of hydrogen-bond donors (Lipinski definition) is 1. The molecule has 2 saturated carbocycles. The molecule has 3 heterocycles. The van der Waals surface area contributed by atoms with E-state index >= 15 is 0 Å². The lowest BCUT2D eigenvalue weighted by molar-refractivity contribution is -0.152. The number of carboxylic acids is 1. The second-order valence-electron chi connectivity index (χ2n) is 10.0. The molecule has 1 N–H and O–H groups in total. The number of likely N-dealkylation sites (tertiary alicyclic amines) is 1. The van der Waals surface area contributed by atoms with Crippen LogP contribution in [0.15, 0.2) is 18.5 Å². The molecule has 5 rings (SSSR count). The van der Waals surface area contributed by atoms with Gasteiger partial charge < -0.3 is 14.6 Å². The highest BCUT2D eigenvalue weighted by Gasteiger charge is 2.43. The molecule has 1 saturated heterocycles. The maximum absolute atomic E-state index is 13.4. The first kappa shape index (κ1) is 20.5. The Morgan fingerprint density at radius 3 is 2.74 bits per heavy atom. The summed E-state index contributed by atoms with van der Waals surface area (Å²) in [6, 6.07) is 2.25. The van der Waals surface area contributed by atoms with Crippen LogP contribution >= 0.6 is 0 Å². The Morgan fingerprint density at radius 1 is 1.19 bits per heavy atom. The Bertz CT molecular complexity index is 1010. The number of hydrogen-bond acceptors (Lipinski definition) is 3. The van der Waals surface area contributed by atoms with Crippen molar-refractivity contribution in [3.63, 3.8) is 0 Å². The van der Waals surface area contributed by atoms with Gasteiger partial charge in [0, 0.05) is 43.8 Å². The number of pyridine rings is 1. The maximum atomic E-state index is 13.4. The van der Waals surface area contributed by atoms with E-state index in [1.54, 1.807) is 0 Å². The molecule has 4 unspecified atom stereocenters. The van der Waals surface area contributed by atoms with Crippen molar-refractivity contribution in [2.24, 2.45) is 18.9 Å². The summed E-state index contributed by atoms with van der Waals surface area (Å²) in [5, 5.41) is 10.9. The molecule has 0 bridgehead atoms. The molecule has 0 aromatic carbocycles. The minimum absolute atomic E-state index is 0.0968. The summed E-state index contributed by atoms with van der Waals surface area (Å²) < 4.78 is 2.09. The molecule has 1 aliphatic heterocycles. The van der Waals surface area contributed by atoms with Crippen molar-refractivity contribution >= 4 is 22.9 Å². The van der Waals surface area contributed by atoms with Crippen molar-refractivity contribution in [1.82, 2.24) is 14.5 Å². The number of rotatable bonds is 5. The van der Waals surface area contributed by atoms with E-state index < -0.39 is 5.97 Å². The molecule has 2 aromatic heterocycles. The van der Waals surface area contributed by atoms with Gasteiger partial charge in [-0.05, 0) is 73.5 Å². The molecular weight excluding hydrogens is 390 g/mol. The standard InChI is InChI=1S/C25H33N3O3/c1-15(20-14-27(2)24-23(20)17(10-11-26-24)16-8-9-16)13-22(29)28-12-4-6-18-19(25(30)31)5-3-7-21(18)28/h10-11,14-16,18-19,21H,3-9,12-13H2,1-2H3,(H,30,31). The van der Waals surface area contributed by atoms with Crippen LogP contribution in [0.2, 0.25) is 0 Å². The number of carboxylic acid groups (broad SMARTS) is 1. The Balaban J connectivity index is 1.38. The van der Waals surface area contributed by atoms with E-state index in [9.17, 15) is 14.7 Å². The van der Waals surface area contributed by atoms with Crippen LogP contribution in [0, 0.1) is 11.8 Å². The molecule has 0 spiro atoms. The highest BCUT2D eigenvalue weighted by Crippen LogP contribution is 2.45. The number of aromatic nitrogens is 2. The third-order valence-electron chi connectivity index (χ3n) is 7.95. The van der Waals surface area contributed by atoms with Gasteiger partial charge in [0.2, 0.25) is 5.91 Å². The summed E-state index contributed by atoms with van der Waals surface area (Å²) in [6.07, 6.45) is 11.4. The van der Waals surface area contributed by atoms with Crippen LogP contribution < -0.4 is 0 Å². The van der Waals surface area contributed by atoms with Crippen molar-refractivity contribution in [2.75, 3.05) is 6.54 Å². The average molecular weight is 424 g/mol. The lowest BCUT2D eigenvalue weighted by Crippen LogP contribution is -2.53. The van der Waals surface area contributed by atoms with Crippen LogP contribution in [0.5, 0.6) is 0 Å². The Labute approximate surface area is 183 Å². The lowest BCUT2D eigenvalue weighted by Gasteiger charge is -2.46. The third kappa shape index (κ3) is 3.64. The Morgan fingerprint density at radius 2 is 2.00 bits per heavy atom. The molecule has 2 aromatic rings. The van der Waals surface area contributed by atoms with Gasteiger partial charge in [0.1, 0.15) is 5.65 Å². The van der Waals surface area contributed by atoms with Crippen molar-refractivity contribution < 1.29 is 14.7 Å². The average Bonchev–Trinajstić information content (AvgIpc) is 3.55. The molecule has 3 aliphatic rings. The van der Waals surface area contributed by atoms with Gasteiger partial charge in [-0.25, -0.2) is 4.98 Å². The molecule has 6 nitrogen and oxygen atoms in total. The zero-order valence-corrected chi connectivity index (χ0v) is 18.6. The lowest BCUT2D eigenvalue weighted by atomic mass is 9.71. The van der Waals surface area contributed by atoms with E-state index in [4.69, 9.17) is 0 Å². The summed E-state index contributed by atoms with van der Waals surface area (Å²) in [5.74, 6) is 0.0551. The normalized spacial score (nSPS) is 27.2. The first-order chi connectivity index (χ1) is 15.0. The van der Waals surface area contributed by atoms with Gasteiger partial charge in [0.25, 0.3) is 0 Å². The van der Waals surface area contributed by atoms with Crippen LogP contribution in [0.25, 0.3) is 11.0 Å². The van der Waals surface area contributed by atoms with Crippen LogP contribution in [-0.2, 0) is 16.6 Å². The summed E-state index contributed by atoms with van der Waals surface area (Å²) in [6.45, 7) is 2.92. The van der Waals surface area contributed by atoms with E-state index in [0.717, 1.165) is 44.3 Å². The van der Waals surface area contributed by atoms with Gasteiger partial charge >= 0.3 is 5.97 Å². The molecule has 4 atom stereocenters. The number of nitrogens with zero attached hydrogens (tertiary/aromatic N) is 3. The molecule has 6 heteroatoms. The maximum Gasteiger partial charge on any atom is 0.306 e. The van der Waals surface area contributed by atoms with Crippen LogP contribution in [-0.4, -0.2) is 44.0 Å². The number of aliphatic carboxylic acids is 1. The topological polar surface area (TPSA) is 75.4 Å². The van der Waals surface area contributed by atoms with E-state index in [0.29, 0.717) is 12.3 Å². The fourth-order valence-corrected chi connectivity index (χ4v) is 6.26. The largest absolute Gasteiger partial charge is 0.481 e. The molecular formula is C25H33N3O3. The number of carbonyl (C=O) groups excluding carboxylic acids is 1. The summed E-state index contributed by atoms with van der Waals surface area (Å²) in [5.41, 5.74) is 3.62. The predicted octanol–water partition coefficient (Wildman–Crippen LogP) is 4.44. The van der Waals surface area contributed by atoms with Gasteiger partial charge in [0.15, 0.2) is 0 Å². The van der Waals surface area contributed by atoms with Crippen LogP contribution in [0.3, 0.4) is 0 Å². The minimum atomic E-state index is -0.687. The van der Waals surface area contributed by atoms with E-state index in [-0.39, 0.29) is 29.7 Å². The number of aryl methyl sites for hydroxylation is 1. The Hall–Kier alpha value is -2.37. The number of fused-ring (bicyclic) bond motifs is 2. The highest BCUT2D eigenvalue weighted by molar-refractivity contribution is 5.87. The third-order valence-corrected chi connectivity index (χ3v) is 7.95. The zero-order valence-electron chi connectivity index (χ0n) is 18.6. The van der Waals surface area contributed by atoms with Gasteiger partial charge in [-0.2, -0.15) is 0 Å². The van der Waals surface area contributed by atoms with Gasteiger partial charge in [-0.15, -0.1) is 0 Å². The van der Waals surface area contributed by atoms with E-state index in [1.807, 2.05) is 18.1 Å². The van der Waals surface area contributed by atoms with Gasteiger partial charge in [-0.3, -0.25) is 9.59 Å². The first-order valence-corrected chi connectivity index (χ1v) is 11.9. The van der Waals surface area contributed by atoms with Crippen LogP contribution in [0.4, 0.5) is 0 Å². The summed E-state index contributed by atoms with van der Waals surface area (Å²) >= 11 is 0. The van der Waals surface area contributed by atoms with E-state index in [1.165, 1.54) is 29.4 Å². The fraction of sp³-hybridized carbons (Fsp3) is 0.640. The molecule has 31 heavy (non-hydrogen) atoms. The van der Waals surface area contributed by atoms with E-state index in [2.05, 4.69) is 28.7 Å². The SMILES string of the molecule is CC(CC(=O)N1CCCC2C(C(=O)O)CCCC21)c1cn(C)c2nccc(C3CC3)c12. The molecule has 166 valence electrons. The van der Waals surface area contributed by atoms with Crippen molar-refractivity contribution in [1.29, 1.82) is 0 Å². The van der Waals surface area contributed by atoms with Crippen molar-refractivity contribution in [2.45, 2.75) is 76.2 Å². The number of amides is 1. The van der Waals surface area contributed by atoms with Gasteiger partial charge in [-0.1, -0.05) is 13.3 Å². The smallest absolute Gasteiger partial charge is 0.306 e. The van der Waals surface area contributed by atoms with Gasteiger partial charge in [0.05, 0.1) is 5.92 Å². The Kier molecular flexibility index (Phi) is 5.27. The minimum Gasteiger partial charge on any atom is -0.481 e. The fourth-order valence-electron chi connectivity index (χ4n) is 6.26. The van der Waals surface area contributed by atoms with Crippen molar-refractivity contribution in [3.8, 4) is 0 Å². The molecule has 2 aliphatic carbocycles.